The van der Waals surface area contributed by atoms with E-state index in [2.05, 4.69) is 22.7 Å². The fraction of sp³-hybridized carbons (Fsp3) is 0.421. The molecule has 0 aliphatic carbocycles. The molecule has 1 aromatic carbocycles. The van der Waals surface area contributed by atoms with Gasteiger partial charge in [0.1, 0.15) is 11.3 Å². The number of nitrogens with one attached hydrogen (secondary N) is 2. The Morgan fingerprint density at radius 1 is 1.19 bits per heavy atom. The van der Waals surface area contributed by atoms with Crippen molar-refractivity contribution in [2.75, 3.05) is 11.9 Å². The summed E-state index contributed by atoms with van der Waals surface area (Å²) in [5, 5.41) is 9.11. The first-order valence-corrected chi connectivity index (χ1v) is 8.59. The third-order valence-electron chi connectivity index (χ3n) is 3.45. The van der Waals surface area contributed by atoms with Crippen molar-refractivity contribution < 1.29 is 18.8 Å². The normalized spacial score (nSPS) is 11.1. The zero-order valence-electron chi connectivity index (χ0n) is 15.6. The Balaban J connectivity index is 1.81. The Kier molecular flexibility index (Phi) is 6.38. The largest absolute Gasteiger partial charge is 0.444 e. The van der Waals surface area contributed by atoms with Crippen molar-refractivity contribution in [3.8, 4) is 11.3 Å². The molecule has 0 bridgehead atoms. The van der Waals surface area contributed by atoms with E-state index < -0.39 is 11.7 Å². The second kappa shape index (κ2) is 8.51. The smallest absolute Gasteiger partial charge is 0.407 e. The summed E-state index contributed by atoms with van der Waals surface area (Å²) in [7, 11) is 0. The number of ether oxygens (including phenoxy) is 1. The number of carbonyl (C=O) groups excluding carboxylic acids is 2. The molecule has 0 saturated carbocycles. The van der Waals surface area contributed by atoms with Crippen molar-refractivity contribution in [1.29, 1.82) is 0 Å². The van der Waals surface area contributed by atoms with Gasteiger partial charge in [0, 0.05) is 24.6 Å². The summed E-state index contributed by atoms with van der Waals surface area (Å²) >= 11 is 0. The van der Waals surface area contributed by atoms with E-state index in [4.69, 9.17) is 9.26 Å². The first kappa shape index (κ1) is 19.5. The lowest BCUT2D eigenvalue weighted by atomic mass is 10.1. The van der Waals surface area contributed by atoms with Crippen LogP contribution in [-0.2, 0) is 16.0 Å². The van der Waals surface area contributed by atoms with Crippen LogP contribution in [0.5, 0.6) is 0 Å². The third-order valence-corrected chi connectivity index (χ3v) is 3.45. The molecule has 0 aliphatic heterocycles. The minimum absolute atomic E-state index is 0.0977. The van der Waals surface area contributed by atoms with Crippen molar-refractivity contribution in [2.45, 2.75) is 46.1 Å². The maximum atomic E-state index is 11.9. The molecule has 1 aromatic heterocycles. The molecular formula is C19H25N3O4. The van der Waals surface area contributed by atoms with E-state index in [0.717, 1.165) is 12.0 Å². The van der Waals surface area contributed by atoms with Crippen LogP contribution in [-0.4, -0.2) is 29.3 Å². The summed E-state index contributed by atoms with van der Waals surface area (Å²) in [5.74, 6) is -0.0214. The van der Waals surface area contributed by atoms with Crippen LogP contribution in [0.1, 0.15) is 39.7 Å². The molecular weight excluding hydrogens is 334 g/mol. The van der Waals surface area contributed by atoms with E-state index >= 15 is 0 Å². The second-order valence-electron chi connectivity index (χ2n) is 6.85. The number of amides is 2. The van der Waals surface area contributed by atoms with Gasteiger partial charge in [0.05, 0.1) is 0 Å². The maximum Gasteiger partial charge on any atom is 0.407 e. The molecule has 2 amide bonds. The fourth-order valence-corrected chi connectivity index (χ4v) is 2.17. The maximum absolute atomic E-state index is 11.9. The molecule has 0 radical (unpaired) electrons. The highest BCUT2D eigenvalue weighted by Gasteiger charge is 2.16. The molecule has 1 heterocycles. The van der Waals surface area contributed by atoms with E-state index in [1.54, 1.807) is 26.8 Å². The van der Waals surface area contributed by atoms with Gasteiger partial charge in [-0.2, -0.15) is 0 Å². The van der Waals surface area contributed by atoms with Crippen molar-refractivity contribution >= 4 is 17.9 Å². The molecule has 0 spiro atoms. The second-order valence-corrected chi connectivity index (χ2v) is 6.85. The highest BCUT2D eigenvalue weighted by Crippen LogP contribution is 2.22. The molecule has 2 aromatic rings. The van der Waals surface area contributed by atoms with E-state index in [1.807, 2.05) is 24.3 Å². The number of nitrogens with zero attached hydrogens (tertiary/aromatic N) is 1. The average Bonchev–Trinajstić information content (AvgIpc) is 3.01. The van der Waals surface area contributed by atoms with Crippen molar-refractivity contribution in [3.63, 3.8) is 0 Å². The SMILES string of the molecule is CCc1ccc(-c2cc(NC(=O)CCNC(=O)OC(C)(C)C)on2)cc1. The molecule has 2 rings (SSSR count). The van der Waals surface area contributed by atoms with Gasteiger partial charge in [-0.3, -0.25) is 10.1 Å². The van der Waals surface area contributed by atoms with Crippen LogP contribution in [0.4, 0.5) is 10.7 Å². The van der Waals surface area contributed by atoms with E-state index in [1.165, 1.54) is 5.56 Å². The lowest BCUT2D eigenvalue weighted by Crippen LogP contribution is -2.34. The van der Waals surface area contributed by atoms with Crippen LogP contribution < -0.4 is 10.6 Å². The van der Waals surface area contributed by atoms with Crippen molar-refractivity contribution in [2.24, 2.45) is 0 Å². The van der Waals surface area contributed by atoms with Gasteiger partial charge >= 0.3 is 6.09 Å². The minimum atomic E-state index is -0.572. The predicted molar refractivity (Wildman–Crippen MR) is 98.8 cm³/mol. The van der Waals surface area contributed by atoms with E-state index in [9.17, 15) is 9.59 Å². The average molecular weight is 359 g/mol. The van der Waals surface area contributed by atoms with Gasteiger partial charge in [-0.25, -0.2) is 4.79 Å². The molecule has 7 heteroatoms. The van der Waals surface area contributed by atoms with Crippen LogP contribution in [0.25, 0.3) is 11.3 Å². The molecule has 2 N–H and O–H groups in total. The number of aromatic nitrogens is 1. The number of benzene rings is 1. The van der Waals surface area contributed by atoms with Gasteiger partial charge in [0.15, 0.2) is 0 Å². The summed E-state index contributed by atoms with van der Waals surface area (Å²) in [4.78, 5) is 23.4. The summed E-state index contributed by atoms with van der Waals surface area (Å²) in [5.41, 5.74) is 2.23. The highest BCUT2D eigenvalue weighted by molar-refractivity contribution is 5.90. The number of aryl methyl sites for hydroxylation is 1. The number of carbonyl (C=O) groups is 2. The van der Waals surface area contributed by atoms with Gasteiger partial charge < -0.3 is 14.6 Å². The predicted octanol–water partition coefficient (Wildman–Crippen LogP) is 3.76. The number of anilines is 1. The first-order valence-electron chi connectivity index (χ1n) is 8.59. The van der Waals surface area contributed by atoms with Crippen LogP contribution >= 0.6 is 0 Å². The zero-order chi connectivity index (χ0) is 19.2. The number of rotatable bonds is 6. The molecule has 0 saturated heterocycles. The Labute approximate surface area is 153 Å². The van der Waals surface area contributed by atoms with Gasteiger partial charge in [0.25, 0.3) is 0 Å². The Morgan fingerprint density at radius 3 is 2.50 bits per heavy atom. The van der Waals surface area contributed by atoms with Gasteiger partial charge in [-0.15, -0.1) is 0 Å². The summed E-state index contributed by atoms with van der Waals surface area (Å²) < 4.78 is 10.2. The quantitative estimate of drug-likeness (QED) is 0.819. The van der Waals surface area contributed by atoms with Crippen molar-refractivity contribution in [1.82, 2.24) is 10.5 Å². The standard InChI is InChI=1S/C19H25N3O4/c1-5-13-6-8-14(9-7-13)15-12-17(26-22-15)21-16(23)10-11-20-18(24)25-19(2,3)4/h6-9,12H,5,10-11H2,1-4H3,(H,20,24)(H,21,23). The summed E-state index contributed by atoms with van der Waals surface area (Å²) in [6, 6.07) is 9.66. The zero-order valence-corrected chi connectivity index (χ0v) is 15.6. The summed E-state index contributed by atoms with van der Waals surface area (Å²) in [6.45, 7) is 7.58. The first-order chi connectivity index (χ1) is 12.3. The third kappa shape index (κ3) is 6.23. The number of alkyl carbamates (subject to hydrolysis) is 1. The van der Waals surface area contributed by atoms with Crippen LogP contribution in [0, 0.1) is 0 Å². The molecule has 7 nitrogen and oxygen atoms in total. The topological polar surface area (TPSA) is 93.5 Å². The molecule has 140 valence electrons. The summed E-state index contributed by atoms with van der Waals surface area (Å²) in [6.07, 6.45) is 0.515. The van der Waals surface area contributed by atoms with Crippen molar-refractivity contribution in [3.05, 3.63) is 35.9 Å². The molecule has 0 aliphatic rings. The Hall–Kier alpha value is -2.83. The van der Waals surface area contributed by atoms with Crippen LogP contribution in [0.2, 0.25) is 0 Å². The molecule has 0 unspecified atom stereocenters. The van der Waals surface area contributed by atoms with E-state index in [0.29, 0.717) is 5.69 Å². The molecule has 0 fully saturated rings. The molecule has 0 atom stereocenters. The van der Waals surface area contributed by atoms with Gasteiger partial charge in [-0.05, 0) is 32.8 Å². The number of hydrogen-bond acceptors (Lipinski definition) is 5. The minimum Gasteiger partial charge on any atom is -0.444 e. The lowest BCUT2D eigenvalue weighted by Gasteiger charge is -2.19. The Bertz CT molecular complexity index is 745. The van der Waals surface area contributed by atoms with Crippen LogP contribution in [0.15, 0.2) is 34.9 Å². The number of hydrogen-bond donors (Lipinski definition) is 2. The fourth-order valence-electron chi connectivity index (χ4n) is 2.17. The Morgan fingerprint density at radius 2 is 1.88 bits per heavy atom. The van der Waals surface area contributed by atoms with Gasteiger partial charge in [0.2, 0.25) is 11.8 Å². The van der Waals surface area contributed by atoms with Gasteiger partial charge in [-0.1, -0.05) is 36.3 Å². The lowest BCUT2D eigenvalue weighted by molar-refractivity contribution is -0.116. The monoisotopic (exact) mass is 359 g/mol. The van der Waals surface area contributed by atoms with E-state index in [-0.39, 0.29) is 24.8 Å². The highest BCUT2D eigenvalue weighted by atomic mass is 16.6. The molecule has 26 heavy (non-hydrogen) atoms. The van der Waals surface area contributed by atoms with Crippen LogP contribution in [0.3, 0.4) is 0 Å².